The third kappa shape index (κ3) is 2.74. The molecule has 1 aliphatic rings. The van der Waals surface area contributed by atoms with Crippen LogP contribution in [0.1, 0.15) is 18.5 Å². The van der Waals surface area contributed by atoms with E-state index in [1.807, 2.05) is 12.1 Å². The fourth-order valence-corrected chi connectivity index (χ4v) is 2.15. The van der Waals surface area contributed by atoms with Gasteiger partial charge in [0.15, 0.2) is 0 Å². The quantitative estimate of drug-likeness (QED) is 0.842. The van der Waals surface area contributed by atoms with E-state index in [0.717, 1.165) is 13.1 Å². The first-order chi connectivity index (χ1) is 8.18. The first-order valence-corrected chi connectivity index (χ1v) is 5.80. The van der Waals surface area contributed by atoms with Gasteiger partial charge in [-0.3, -0.25) is 9.88 Å². The summed E-state index contributed by atoms with van der Waals surface area (Å²) in [6.45, 7) is 4.90. The number of aromatic nitrogens is 1. The molecular weight excluding hydrogens is 218 g/mol. The minimum absolute atomic E-state index is 0.314. The number of hydrogen-bond acceptors (Lipinski definition) is 3. The molecule has 1 saturated heterocycles. The molecule has 0 saturated carbocycles. The molecule has 1 atom stereocenters. The van der Waals surface area contributed by atoms with Gasteiger partial charge >= 0.3 is 6.09 Å². The van der Waals surface area contributed by atoms with Crippen molar-refractivity contribution in [2.24, 2.45) is 0 Å². The van der Waals surface area contributed by atoms with Gasteiger partial charge in [-0.15, -0.1) is 0 Å². The molecule has 0 bridgehead atoms. The highest BCUT2D eigenvalue weighted by molar-refractivity contribution is 5.65. The Labute approximate surface area is 101 Å². The van der Waals surface area contributed by atoms with Gasteiger partial charge in [-0.05, 0) is 24.6 Å². The summed E-state index contributed by atoms with van der Waals surface area (Å²) in [6.07, 6.45) is 2.76. The summed E-state index contributed by atoms with van der Waals surface area (Å²) in [5, 5.41) is 8.88. The number of rotatable bonds is 2. The summed E-state index contributed by atoms with van der Waals surface area (Å²) >= 11 is 0. The van der Waals surface area contributed by atoms with E-state index in [-0.39, 0.29) is 0 Å². The molecule has 1 unspecified atom stereocenters. The predicted molar refractivity (Wildman–Crippen MR) is 63.8 cm³/mol. The molecule has 1 aromatic rings. The molecule has 5 heteroatoms. The Balaban J connectivity index is 1.95. The van der Waals surface area contributed by atoms with Gasteiger partial charge in [0.1, 0.15) is 0 Å². The molecule has 1 fully saturated rings. The smallest absolute Gasteiger partial charge is 0.407 e. The lowest BCUT2D eigenvalue weighted by atomic mass is 10.1. The van der Waals surface area contributed by atoms with Crippen LogP contribution in [0.15, 0.2) is 24.5 Å². The van der Waals surface area contributed by atoms with Crippen molar-refractivity contribution in [3.63, 3.8) is 0 Å². The van der Waals surface area contributed by atoms with Gasteiger partial charge in [0, 0.05) is 44.6 Å². The van der Waals surface area contributed by atoms with Gasteiger partial charge in [-0.1, -0.05) is 0 Å². The normalized spacial score (nSPS) is 19.0. The Morgan fingerprint density at radius 1 is 1.29 bits per heavy atom. The third-order valence-electron chi connectivity index (χ3n) is 3.32. The van der Waals surface area contributed by atoms with Gasteiger partial charge in [-0.25, -0.2) is 4.79 Å². The largest absolute Gasteiger partial charge is 0.465 e. The Hall–Kier alpha value is -1.62. The van der Waals surface area contributed by atoms with Crippen molar-refractivity contribution in [3.05, 3.63) is 30.1 Å². The van der Waals surface area contributed by atoms with Gasteiger partial charge in [0.05, 0.1) is 0 Å². The van der Waals surface area contributed by atoms with E-state index in [0.29, 0.717) is 19.1 Å². The average molecular weight is 235 g/mol. The molecule has 5 nitrogen and oxygen atoms in total. The van der Waals surface area contributed by atoms with E-state index in [9.17, 15) is 4.79 Å². The predicted octanol–water partition coefficient (Wildman–Crippen LogP) is 1.44. The Bertz CT molecular complexity index is 375. The molecule has 0 radical (unpaired) electrons. The van der Waals surface area contributed by atoms with Crippen LogP contribution in [0.4, 0.5) is 4.79 Å². The van der Waals surface area contributed by atoms with E-state index < -0.39 is 6.09 Å². The first kappa shape index (κ1) is 11.9. The summed E-state index contributed by atoms with van der Waals surface area (Å²) in [5.74, 6) is 0. The number of amides is 1. The zero-order valence-corrected chi connectivity index (χ0v) is 9.91. The van der Waals surface area contributed by atoms with Crippen LogP contribution in [0.5, 0.6) is 0 Å². The van der Waals surface area contributed by atoms with Crippen molar-refractivity contribution in [2.75, 3.05) is 26.2 Å². The molecule has 0 aromatic carbocycles. The fourth-order valence-electron chi connectivity index (χ4n) is 2.15. The van der Waals surface area contributed by atoms with E-state index in [4.69, 9.17) is 5.11 Å². The van der Waals surface area contributed by atoms with Crippen LogP contribution >= 0.6 is 0 Å². The molecule has 1 amide bonds. The van der Waals surface area contributed by atoms with E-state index >= 15 is 0 Å². The minimum Gasteiger partial charge on any atom is -0.465 e. The van der Waals surface area contributed by atoms with Crippen LogP contribution in [0, 0.1) is 0 Å². The highest BCUT2D eigenvalue weighted by Crippen LogP contribution is 2.20. The first-order valence-electron chi connectivity index (χ1n) is 5.80. The van der Waals surface area contributed by atoms with Crippen LogP contribution in [0.3, 0.4) is 0 Å². The topological polar surface area (TPSA) is 56.7 Å². The van der Waals surface area contributed by atoms with Crippen molar-refractivity contribution >= 4 is 6.09 Å². The lowest BCUT2D eigenvalue weighted by molar-refractivity contribution is 0.0889. The van der Waals surface area contributed by atoms with Crippen molar-refractivity contribution < 1.29 is 9.90 Å². The van der Waals surface area contributed by atoms with Crippen LogP contribution in [-0.4, -0.2) is 52.2 Å². The second kappa shape index (κ2) is 5.14. The maximum atomic E-state index is 10.8. The zero-order chi connectivity index (χ0) is 12.3. The van der Waals surface area contributed by atoms with E-state index in [1.165, 1.54) is 10.5 Å². The Morgan fingerprint density at radius 2 is 1.88 bits per heavy atom. The van der Waals surface area contributed by atoms with Crippen molar-refractivity contribution in [2.45, 2.75) is 13.0 Å². The molecule has 2 heterocycles. The van der Waals surface area contributed by atoms with E-state index in [1.54, 1.807) is 12.4 Å². The summed E-state index contributed by atoms with van der Waals surface area (Å²) < 4.78 is 0. The van der Waals surface area contributed by atoms with Crippen LogP contribution < -0.4 is 0 Å². The molecule has 0 spiro atoms. The molecular formula is C12H17N3O2. The maximum absolute atomic E-state index is 10.8. The van der Waals surface area contributed by atoms with Gasteiger partial charge in [0.25, 0.3) is 0 Å². The third-order valence-corrected chi connectivity index (χ3v) is 3.32. The van der Waals surface area contributed by atoms with Gasteiger partial charge < -0.3 is 10.0 Å². The SMILES string of the molecule is CC(c1ccncc1)N1CCN(C(=O)O)CC1. The Morgan fingerprint density at radius 3 is 2.41 bits per heavy atom. The van der Waals surface area contributed by atoms with Gasteiger partial charge in [-0.2, -0.15) is 0 Å². The number of carbonyl (C=O) groups is 1. The zero-order valence-electron chi connectivity index (χ0n) is 9.91. The van der Waals surface area contributed by atoms with Crippen molar-refractivity contribution in [1.82, 2.24) is 14.8 Å². The second-order valence-corrected chi connectivity index (χ2v) is 4.26. The van der Waals surface area contributed by atoms with Crippen molar-refractivity contribution in [1.29, 1.82) is 0 Å². The molecule has 2 rings (SSSR count). The lowest BCUT2D eigenvalue weighted by Crippen LogP contribution is -2.48. The van der Waals surface area contributed by atoms with Crippen LogP contribution in [0.25, 0.3) is 0 Å². The monoisotopic (exact) mass is 235 g/mol. The molecule has 1 N–H and O–H groups in total. The average Bonchev–Trinajstić information content (AvgIpc) is 2.39. The molecule has 0 aliphatic carbocycles. The summed E-state index contributed by atoms with van der Waals surface area (Å²) in [5.41, 5.74) is 1.23. The highest BCUT2D eigenvalue weighted by atomic mass is 16.4. The highest BCUT2D eigenvalue weighted by Gasteiger charge is 2.24. The van der Waals surface area contributed by atoms with Crippen molar-refractivity contribution in [3.8, 4) is 0 Å². The number of hydrogen-bond donors (Lipinski definition) is 1. The maximum Gasteiger partial charge on any atom is 0.407 e. The molecule has 1 aromatic heterocycles. The molecule has 17 heavy (non-hydrogen) atoms. The lowest BCUT2D eigenvalue weighted by Gasteiger charge is -2.36. The summed E-state index contributed by atoms with van der Waals surface area (Å²) in [7, 11) is 0. The Kier molecular flexibility index (Phi) is 3.58. The number of carboxylic acid groups (broad SMARTS) is 1. The second-order valence-electron chi connectivity index (χ2n) is 4.26. The van der Waals surface area contributed by atoms with Crippen LogP contribution in [0.2, 0.25) is 0 Å². The number of pyridine rings is 1. The number of piperazine rings is 1. The van der Waals surface area contributed by atoms with Crippen LogP contribution in [-0.2, 0) is 0 Å². The van der Waals surface area contributed by atoms with E-state index in [2.05, 4.69) is 16.8 Å². The fraction of sp³-hybridized carbons (Fsp3) is 0.500. The molecule has 92 valence electrons. The minimum atomic E-state index is -0.818. The van der Waals surface area contributed by atoms with Gasteiger partial charge in [0.2, 0.25) is 0 Å². The molecule has 1 aliphatic heterocycles. The summed E-state index contributed by atoms with van der Waals surface area (Å²) in [4.78, 5) is 18.6. The summed E-state index contributed by atoms with van der Waals surface area (Å²) in [6, 6.07) is 4.33. The standard InChI is InChI=1S/C12H17N3O2/c1-10(11-2-4-13-5-3-11)14-6-8-15(9-7-14)12(16)17/h2-5,10H,6-9H2,1H3,(H,16,17). The number of nitrogens with zero attached hydrogens (tertiary/aromatic N) is 3.